The predicted octanol–water partition coefficient (Wildman–Crippen LogP) is 3.02. The third-order valence-corrected chi connectivity index (χ3v) is 8.42. The van der Waals surface area contributed by atoms with E-state index in [0.717, 1.165) is 49.3 Å². The molecule has 1 N–H and O–H groups in total. The topological polar surface area (TPSA) is 88.2 Å². The molecule has 5 rings (SSSR count). The van der Waals surface area contributed by atoms with Crippen LogP contribution in [0.25, 0.3) is 0 Å². The summed E-state index contributed by atoms with van der Waals surface area (Å²) in [7, 11) is -3.45. The van der Waals surface area contributed by atoms with E-state index in [4.69, 9.17) is 9.47 Å². The first-order valence-corrected chi connectivity index (χ1v) is 13.0. The first kappa shape index (κ1) is 22.2. The Labute approximate surface area is 194 Å². The van der Waals surface area contributed by atoms with Crippen LogP contribution < -0.4 is 14.8 Å². The minimum Gasteiger partial charge on any atom is -0.486 e. The van der Waals surface area contributed by atoms with E-state index in [0.29, 0.717) is 32.0 Å². The van der Waals surface area contributed by atoms with Gasteiger partial charge < -0.3 is 14.8 Å². The normalized spacial score (nSPS) is 21.3. The molecule has 8 nitrogen and oxygen atoms in total. The van der Waals surface area contributed by atoms with E-state index in [1.807, 2.05) is 18.2 Å². The van der Waals surface area contributed by atoms with E-state index >= 15 is 0 Å². The van der Waals surface area contributed by atoms with Crippen molar-refractivity contribution in [3.8, 4) is 11.5 Å². The first-order chi connectivity index (χ1) is 16.0. The van der Waals surface area contributed by atoms with Gasteiger partial charge in [0.05, 0.1) is 11.4 Å². The molecule has 0 aromatic heterocycles. The smallest absolute Gasteiger partial charge is 0.243 e. The number of ether oxygens (including phenoxy) is 2. The number of nitrogens with one attached hydrogen (secondary N) is 1. The number of rotatable bonds is 6. The summed E-state index contributed by atoms with van der Waals surface area (Å²) >= 11 is 0. The minimum atomic E-state index is -3.45. The molecule has 3 heterocycles. The Morgan fingerprint density at radius 1 is 0.939 bits per heavy atom. The second-order valence-electron chi connectivity index (χ2n) is 8.72. The molecule has 176 valence electrons. The molecule has 0 saturated carbocycles. The Morgan fingerprint density at radius 2 is 1.67 bits per heavy atom. The maximum atomic E-state index is 12.7. The molecule has 1 amide bonds. The van der Waals surface area contributed by atoms with Crippen molar-refractivity contribution in [2.24, 2.45) is 0 Å². The monoisotopic (exact) mass is 471 g/mol. The van der Waals surface area contributed by atoms with Gasteiger partial charge in [-0.1, -0.05) is 6.07 Å². The molecular formula is C24H29N3O5S. The molecule has 9 heteroatoms. The maximum Gasteiger partial charge on any atom is 0.243 e. The number of sulfonamides is 1. The highest BCUT2D eigenvalue weighted by atomic mass is 32.2. The van der Waals surface area contributed by atoms with Crippen molar-refractivity contribution in [1.29, 1.82) is 0 Å². The summed E-state index contributed by atoms with van der Waals surface area (Å²) in [6, 6.07) is 12.6. The molecule has 0 spiro atoms. The molecular weight excluding hydrogens is 442 g/mol. The molecule has 3 aliphatic heterocycles. The number of fused-ring (bicyclic) bond motifs is 1. The van der Waals surface area contributed by atoms with Gasteiger partial charge in [-0.05, 0) is 74.2 Å². The highest BCUT2D eigenvalue weighted by Gasteiger charge is 2.29. The number of likely N-dealkylation sites (tertiary alicyclic amines) is 1. The molecule has 3 aliphatic rings. The number of amides is 1. The van der Waals surface area contributed by atoms with E-state index in [1.54, 1.807) is 24.3 Å². The second-order valence-corrected chi connectivity index (χ2v) is 10.7. The lowest BCUT2D eigenvalue weighted by Gasteiger charge is -2.26. The fourth-order valence-electron chi connectivity index (χ4n) is 4.83. The van der Waals surface area contributed by atoms with Crippen molar-refractivity contribution in [2.45, 2.75) is 36.6 Å². The van der Waals surface area contributed by atoms with Crippen LogP contribution in [0.5, 0.6) is 11.5 Å². The summed E-state index contributed by atoms with van der Waals surface area (Å²) in [5.41, 5.74) is 1.72. The van der Waals surface area contributed by atoms with Crippen LogP contribution in [-0.4, -0.2) is 62.9 Å². The van der Waals surface area contributed by atoms with Gasteiger partial charge in [-0.2, -0.15) is 4.31 Å². The molecule has 2 fully saturated rings. The van der Waals surface area contributed by atoms with Crippen molar-refractivity contribution in [2.75, 3.05) is 44.7 Å². The van der Waals surface area contributed by atoms with Gasteiger partial charge >= 0.3 is 0 Å². The van der Waals surface area contributed by atoms with Gasteiger partial charge in [0.25, 0.3) is 0 Å². The Morgan fingerprint density at radius 3 is 2.42 bits per heavy atom. The van der Waals surface area contributed by atoms with Gasteiger partial charge in [0.1, 0.15) is 13.2 Å². The van der Waals surface area contributed by atoms with E-state index in [-0.39, 0.29) is 23.4 Å². The molecule has 2 saturated heterocycles. The number of nitrogens with zero attached hydrogens (tertiary/aromatic N) is 2. The van der Waals surface area contributed by atoms with E-state index in [1.165, 1.54) is 4.31 Å². The van der Waals surface area contributed by atoms with Crippen LogP contribution in [0.15, 0.2) is 47.4 Å². The zero-order chi connectivity index (χ0) is 22.8. The summed E-state index contributed by atoms with van der Waals surface area (Å²) < 4.78 is 38.2. The second kappa shape index (κ2) is 9.32. The van der Waals surface area contributed by atoms with Crippen LogP contribution in [0, 0.1) is 0 Å². The van der Waals surface area contributed by atoms with E-state index in [2.05, 4.69) is 10.2 Å². The first-order valence-electron chi connectivity index (χ1n) is 11.5. The van der Waals surface area contributed by atoms with Crippen LogP contribution in [-0.2, 0) is 14.8 Å². The van der Waals surface area contributed by atoms with E-state index in [9.17, 15) is 13.2 Å². The van der Waals surface area contributed by atoms with Crippen molar-refractivity contribution < 1.29 is 22.7 Å². The zero-order valence-corrected chi connectivity index (χ0v) is 19.4. The summed E-state index contributed by atoms with van der Waals surface area (Å²) in [6.07, 6.45) is 3.81. The average Bonchev–Trinajstić information content (AvgIpc) is 3.52. The van der Waals surface area contributed by atoms with Gasteiger partial charge in [-0.3, -0.25) is 9.69 Å². The number of carbonyl (C=O) groups is 1. The third-order valence-electron chi connectivity index (χ3n) is 6.50. The van der Waals surface area contributed by atoms with Crippen LogP contribution in [0.1, 0.15) is 37.3 Å². The summed E-state index contributed by atoms with van der Waals surface area (Å²) in [5.74, 6) is 1.41. The average molecular weight is 472 g/mol. The highest BCUT2D eigenvalue weighted by Crippen LogP contribution is 2.38. The number of hydrogen-bond acceptors (Lipinski definition) is 6. The summed E-state index contributed by atoms with van der Waals surface area (Å²) in [5, 5.41) is 2.91. The van der Waals surface area contributed by atoms with E-state index < -0.39 is 10.0 Å². The fourth-order valence-corrected chi connectivity index (χ4v) is 6.35. The minimum absolute atomic E-state index is 0.116. The largest absolute Gasteiger partial charge is 0.486 e. The zero-order valence-electron chi connectivity index (χ0n) is 18.5. The van der Waals surface area contributed by atoms with Crippen molar-refractivity contribution in [3.63, 3.8) is 0 Å². The molecule has 0 aliphatic carbocycles. The van der Waals surface area contributed by atoms with Crippen LogP contribution in [0.4, 0.5) is 5.69 Å². The Balaban J connectivity index is 1.21. The van der Waals surface area contributed by atoms with Crippen molar-refractivity contribution in [3.05, 3.63) is 48.0 Å². The lowest BCUT2D eigenvalue weighted by Crippen LogP contribution is -2.33. The Bertz CT molecular complexity index is 1110. The van der Waals surface area contributed by atoms with Crippen molar-refractivity contribution in [1.82, 2.24) is 9.21 Å². The summed E-state index contributed by atoms with van der Waals surface area (Å²) in [6.45, 7) is 3.37. The molecule has 2 aromatic carbocycles. The molecule has 1 unspecified atom stereocenters. The molecule has 2 aromatic rings. The fraction of sp³-hybridized carbons (Fsp3) is 0.458. The molecule has 1 atom stereocenters. The number of anilines is 1. The van der Waals surface area contributed by atoms with Gasteiger partial charge in [0, 0.05) is 24.8 Å². The standard InChI is InChI=1S/C24H29N3O5S/c28-24(25-19-6-8-20(9-7-19)33(29,30)27-12-1-2-13-27)17-26-11-3-4-21(26)18-5-10-22-23(16-18)32-15-14-31-22/h5-10,16,21H,1-4,11-15,17H2,(H,25,28). The molecule has 0 radical (unpaired) electrons. The number of carbonyl (C=O) groups excluding carboxylic acids is 1. The molecule has 0 bridgehead atoms. The Kier molecular flexibility index (Phi) is 6.27. The predicted molar refractivity (Wildman–Crippen MR) is 124 cm³/mol. The van der Waals surface area contributed by atoms with Gasteiger partial charge in [-0.25, -0.2) is 8.42 Å². The molecule has 33 heavy (non-hydrogen) atoms. The maximum absolute atomic E-state index is 12.7. The van der Waals surface area contributed by atoms with Gasteiger partial charge in [-0.15, -0.1) is 0 Å². The van der Waals surface area contributed by atoms with Crippen LogP contribution in [0.3, 0.4) is 0 Å². The van der Waals surface area contributed by atoms with Crippen molar-refractivity contribution >= 4 is 21.6 Å². The third kappa shape index (κ3) is 4.71. The quantitative estimate of drug-likeness (QED) is 0.697. The summed E-state index contributed by atoms with van der Waals surface area (Å²) in [4.78, 5) is 15.2. The lowest BCUT2D eigenvalue weighted by molar-refractivity contribution is -0.117. The number of hydrogen-bond donors (Lipinski definition) is 1. The van der Waals surface area contributed by atoms with Crippen LogP contribution in [0.2, 0.25) is 0 Å². The van der Waals surface area contributed by atoms with Crippen LogP contribution >= 0.6 is 0 Å². The number of benzene rings is 2. The highest BCUT2D eigenvalue weighted by molar-refractivity contribution is 7.89. The lowest BCUT2D eigenvalue weighted by atomic mass is 10.0. The Hall–Kier alpha value is -2.62. The van der Waals surface area contributed by atoms with Gasteiger partial charge in [0.2, 0.25) is 15.9 Å². The van der Waals surface area contributed by atoms with Gasteiger partial charge in [0.15, 0.2) is 11.5 Å². The SMILES string of the molecule is O=C(CN1CCCC1c1ccc2c(c1)OCCO2)Nc1ccc(S(=O)(=O)N2CCCC2)cc1.